The van der Waals surface area contributed by atoms with Crippen LogP contribution in [0.3, 0.4) is 0 Å². The number of hydrogen-bond donors (Lipinski definition) is 3. The maximum absolute atomic E-state index is 11.7. The number of phenolic OH excluding ortho intramolecular Hbond substituents is 1. The molecular weight excluding hydrogens is 302 g/mol. The number of benzene rings is 2. The summed E-state index contributed by atoms with van der Waals surface area (Å²) in [4.78, 5) is 11.7. The van der Waals surface area contributed by atoms with E-state index in [4.69, 9.17) is 11.6 Å². The smallest absolute Gasteiger partial charge is 0.259 e. The lowest BCUT2D eigenvalue weighted by atomic mass is 10.2. The molecular formula is C16H16ClN3O2. The van der Waals surface area contributed by atoms with Crippen LogP contribution in [0.25, 0.3) is 0 Å². The van der Waals surface area contributed by atoms with E-state index >= 15 is 0 Å². The van der Waals surface area contributed by atoms with Crippen molar-refractivity contribution >= 4 is 29.4 Å². The average molecular weight is 318 g/mol. The summed E-state index contributed by atoms with van der Waals surface area (Å²) in [6.07, 6.45) is 1.34. The number of rotatable bonds is 5. The van der Waals surface area contributed by atoms with Gasteiger partial charge < -0.3 is 10.4 Å². The number of nitrogens with one attached hydrogen (secondary N) is 2. The Kier molecular flexibility index (Phi) is 5.38. The minimum Gasteiger partial charge on any atom is -0.507 e. The molecule has 0 aliphatic rings. The van der Waals surface area contributed by atoms with Crippen LogP contribution in [0, 0.1) is 6.92 Å². The van der Waals surface area contributed by atoms with E-state index in [2.05, 4.69) is 15.8 Å². The van der Waals surface area contributed by atoms with Gasteiger partial charge in [0.25, 0.3) is 5.91 Å². The second kappa shape index (κ2) is 7.47. The predicted octanol–water partition coefficient (Wildman–Crippen LogP) is 2.92. The maximum atomic E-state index is 11.7. The highest BCUT2D eigenvalue weighted by Crippen LogP contribution is 2.19. The van der Waals surface area contributed by atoms with Gasteiger partial charge in [0.05, 0.1) is 12.8 Å². The molecule has 2 rings (SSSR count). The maximum Gasteiger partial charge on any atom is 0.259 e. The molecule has 0 radical (unpaired) electrons. The molecule has 6 heteroatoms. The van der Waals surface area contributed by atoms with Crippen LogP contribution < -0.4 is 10.7 Å². The first-order valence-corrected chi connectivity index (χ1v) is 7.03. The normalized spacial score (nSPS) is 10.6. The molecule has 0 saturated carbocycles. The third-order valence-corrected chi connectivity index (χ3v) is 3.09. The highest BCUT2D eigenvalue weighted by molar-refractivity contribution is 6.30. The van der Waals surface area contributed by atoms with Gasteiger partial charge in [0, 0.05) is 16.3 Å². The Hall–Kier alpha value is -2.53. The van der Waals surface area contributed by atoms with Crippen molar-refractivity contribution < 1.29 is 9.90 Å². The van der Waals surface area contributed by atoms with Crippen molar-refractivity contribution in [1.82, 2.24) is 5.43 Å². The molecule has 0 aromatic heterocycles. The predicted molar refractivity (Wildman–Crippen MR) is 88.5 cm³/mol. The van der Waals surface area contributed by atoms with Crippen LogP contribution in [0.1, 0.15) is 11.1 Å². The van der Waals surface area contributed by atoms with Crippen LogP contribution in [0.5, 0.6) is 5.75 Å². The third-order valence-electron chi connectivity index (χ3n) is 2.85. The molecule has 114 valence electrons. The minimum atomic E-state index is -0.292. The Labute approximate surface area is 133 Å². The van der Waals surface area contributed by atoms with E-state index < -0.39 is 0 Å². The number of hydrazone groups is 1. The van der Waals surface area contributed by atoms with E-state index in [1.807, 2.05) is 31.2 Å². The van der Waals surface area contributed by atoms with Crippen molar-refractivity contribution in [3.63, 3.8) is 0 Å². The fourth-order valence-corrected chi connectivity index (χ4v) is 1.96. The molecule has 1 amide bonds. The van der Waals surface area contributed by atoms with Crippen molar-refractivity contribution in [3.8, 4) is 5.75 Å². The summed E-state index contributed by atoms with van der Waals surface area (Å²) < 4.78 is 0. The van der Waals surface area contributed by atoms with Crippen LogP contribution >= 0.6 is 11.6 Å². The standard InChI is InChI=1S/C16H16ClN3O2/c1-11-3-2-4-14(7-11)18-10-16(22)20-19-9-12-8-13(17)5-6-15(12)21/h2-9,18,21H,10H2,1H3,(H,20,22). The van der Waals surface area contributed by atoms with Crippen molar-refractivity contribution in [1.29, 1.82) is 0 Å². The summed E-state index contributed by atoms with van der Waals surface area (Å²) >= 11 is 5.82. The van der Waals surface area contributed by atoms with E-state index in [0.717, 1.165) is 11.3 Å². The quantitative estimate of drug-likeness (QED) is 0.586. The van der Waals surface area contributed by atoms with Crippen molar-refractivity contribution in [2.24, 2.45) is 5.10 Å². The van der Waals surface area contributed by atoms with Gasteiger partial charge in [0.15, 0.2) is 0 Å². The number of halogens is 1. The van der Waals surface area contributed by atoms with Crippen molar-refractivity contribution in [2.45, 2.75) is 6.92 Å². The molecule has 2 aromatic carbocycles. The van der Waals surface area contributed by atoms with Gasteiger partial charge in [-0.25, -0.2) is 5.43 Å². The first-order chi connectivity index (χ1) is 10.5. The minimum absolute atomic E-state index is 0.0419. The van der Waals surface area contributed by atoms with Gasteiger partial charge in [-0.1, -0.05) is 23.7 Å². The first kappa shape index (κ1) is 15.9. The lowest BCUT2D eigenvalue weighted by Gasteiger charge is -2.06. The van der Waals surface area contributed by atoms with E-state index in [1.165, 1.54) is 12.3 Å². The average Bonchev–Trinajstić information content (AvgIpc) is 2.49. The van der Waals surface area contributed by atoms with Gasteiger partial charge in [0.1, 0.15) is 5.75 Å². The van der Waals surface area contributed by atoms with Gasteiger partial charge in [-0.3, -0.25) is 4.79 Å². The van der Waals surface area contributed by atoms with Crippen molar-refractivity contribution in [2.75, 3.05) is 11.9 Å². The van der Waals surface area contributed by atoms with Crippen molar-refractivity contribution in [3.05, 3.63) is 58.6 Å². The number of nitrogens with zero attached hydrogens (tertiary/aromatic N) is 1. The number of aromatic hydroxyl groups is 1. The lowest BCUT2D eigenvalue weighted by Crippen LogP contribution is -2.25. The van der Waals surface area contributed by atoms with Crippen LogP contribution in [-0.4, -0.2) is 23.8 Å². The summed E-state index contributed by atoms with van der Waals surface area (Å²) in [5.74, 6) is -0.250. The fourth-order valence-electron chi connectivity index (χ4n) is 1.78. The molecule has 0 heterocycles. The van der Waals surface area contributed by atoms with Crippen LogP contribution in [0.15, 0.2) is 47.6 Å². The van der Waals surface area contributed by atoms with Gasteiger partial charge in [-0.2, -0.15) is 5.10 Å². The number of hydrogen-bond acceptors (Lipinski definition) is 4. The molecule has 5 nitrogen and oxygen atoms in total. The second-order valence-corrected chi connectivity index (χ2v) is 5.16. The summed E-state index contributed by atoms with van der Waals surface area (Å²) in [7, 11) is 0. The number of amides is 1. The second-order valence-electron chi connectivity index (χ2n) is 4.72. The number of aryl methyl sites for hydroxylation is 1. The zero-order chi connectivity index (χ0) is 15.9. The molecule has 0 spiro atoms. The SMILES string of the molecule is Cc1cccc(NCC(=O)NN=Cc2cc(Cl)ccc2O)c1. The molecule has 2 aromatic rings. The lowest BCUT2D eigenvalue weighted by molar-refractivity contribution is -0.119. The summed E-state index contributed by atoms with van der Waals surface area (Å²) in [6, 6.07) is 12.3. The Morgan fingerprint density at radius 2 is 2.14 bits per heavy atom. The molecule has 0 bridgehead atoms. The molecule has 0 aliphatic carbocycles. The van der Waals surface area contributed by atoms with E-state index in [-0.39, 0.29) is 18.2 Å². The summed E-state index contributed by atoms with van der Waals surface area (Å²) in [5.41, 5.74) is 4.78. The molecule has 0 unspecified atom stereocenters. The molecule has 0 saturated heterocycles. The number of anilines is 1. The Morgan fingerprint density at radius 3 is 2.91 bits per heavy atom. The van der Waals surface area contributed by atoms with Gasteiger partial charge in [-0.15, -0.1) is 0 Å². The Balaban J connectivity index is 1.85. The van der Waals surface area contributed by atoms with E-state index in [0.29, 0.717) is 10.6 Å². The Morgan fingerprint density at radius 1 is 1.32 bits per heavy atom. The zero-order valence-electron chi connectivity index (χ0n) is 12.0. The van der Waals surface area contributed by atoms with Gasteiger partial charge >= 0.3 is 0 Å². The summed E-state index contributed by atoms with van der Waals surface area (Å²) in [5, 5.41) is 16.9. The van der Waals surface area contributed by atoms with Crippen LogP contribution in [-0.2, 0) is 4.79 Å². The highest BCUT2D eigenvalue weighted by atomic mass is 35.5. The molecule has 0 fully saturated rings. The van der Waals surface area contributed by atoms with Gasteiger partial charge in [0.2, 0.25) is 0 Å². The molecule has 0 aliphatic heterocycles. The van der Waals surface area contributed by atoms with E-state index in [1.54, 1.807) is 12.1 Å². The number of carbonyl (C=O) groups excluding carboxylic acids is 1. The summed E-state index contributed by atoms with van der Waals surface area (Å²) in [6.45, 7) is 2.08. The van der Waals surface area contributed by atoms with E-state index in [9.17, 15) is 9.90 Å². The Bertz CT molecular complexity index is 702. The first-order valence-electron chi connectivity index (χ1n) is 6.65. The van der Waals surface area contributed by atoms with Crippen LogP contribution in [0.2, 0.25) is 5.02 Å². The third kappa shape index (κ3) is 4.79. The monoisotopic (exact) mass is 317 g/mol. The number of phenols is 1. The molecule has 22 heavy (non-hydrogen) atoms. The highest BCUT2D eigenvalue weighted by Gasteiger charge is 2.01. The number of carbonyl (C=O) groups is 1. The largest absolute Gasteiger partial charge is 0.507 e. The fraction of sp³-hybridized carbons (Fsp3) is 0.125. The molecule has 3 N–H and O–H groups in total. The van der Waals surface area contributed by atoms with Crippen LogP contribution in [0.4, 0.5) is 5.69 Å². The molecule has 0 atom stereocenters. The zero-order valence-corrected chi connectivity index (χ0v) is 12.8. The topological polar surface area (TPSA) is 73.7 Å². The van der Waals surface area contributed by atoms with Gasteiger partial charge in [-0.05, 0) is 42.8 Å².